The zero-order chi connectivity index (χ0) is 14.6. The summed E-state index contributed by atoms with van der Waals surface area (Å²) in [6, 6.07) is 6.13. The zero-order valence-corrected chi connectivity index (χ0v) is 11.9. The third-order valence-electron chi connectivity index (χ3n) is 2.20. The summed E-state index contributed by atoms with van der Waals surface area (Å²) >= 11 is 0. The van der Waals surface area contributed by atoms with Crippen molar-refractivity contribution in [1.29, 1.82) is 0 Å². The molecule has 0 atom stereocenters. The Morgan fingerprint density at radius 1 is 1.28 bits per heavy atom. The molecule has 18 heavy (non-hydrogen) atoms. The molecule has 0 saturated carbocycles. The van der Waals surface area contributed by atoms with E-state index in [1.165, 1.54) is 5.56 Å². The van der Waals surface area contributed by atoms with Gasteiger partial charge in [0.2, 0.25) is 0 Å². The fourth-order valence-electron chi connectivity index (χ4n) is 1.43. The molecule has 1 N–H and O–H groups in total. The molecule has 1 aromatic rings. The normalized spacial score (nSPS) is 9.28. The van der Waals surface area contributed by atoms with Crippen molar-refractivity contribution in [3.05, 3.63) is 61.2 Å². The lowest BCUT2D eigenvalue weighted by Gasteiger charge is -2.09. The molecule has 0 heterocycles. The van der Waals surface area contributed by atoms with Crippen molar-refractivity contribution >= 4 is 5.57 Å². The second kappa shape index (κ2) is 11.7. The van der Waals surface area contributed by atoms with Crippen molar-refractivity contribution in [2.24, 2.45) is 0 Å². The minimum atomic E-state index is 0.892. The highest BCUT2D eigenvalue weighted by atomic mass is 16.5. The van der Waals surface area contributed by atoms with Crippen LogP contribution < -0.4 is 4.74 Å². The van der Waals surface area contributed by atoms with E-state index in [2.05, 4.69) is 32.7 Å². The highest BCUT2D eigenvalue weighted by molar-refractivity contribution is 5.77. The Morgan fingerprint density at radius 3 is 2.22 bits per heavy atom. The first-order valence-corrected chi connectivity index (χ1v) is 5.61. The maximum atomic E-state index is 7.00. The van der Waals surface area contributed by atoms with Crippen LogP contribution in [0.2, 0.25) is 0 Å². The van der Waals surface area contributed by atoms with Crippen LogP contribution in [0.1, 0.15) is 18.1 Å². The summed E-state index contributed by atoms with van der Waals surface area (Å²) < 4.78 is 5.30. The Kier molecular flexibility index (Phi) is 12.0. The highest BCUT2D eigenvalue weighted by Gasteiger charge is 2.04. The van der Waals surface area contributed by atoms with Crippen LogP contribution in [-0.4, -0.2) is 19.3 Å². The fraction of sp³-hybridized carbons (Fsp3) is 0.250. The number of hydrogen-bond acceptors (Lipinski definition) is 2. The molecule has 0 radical (unpaired) electrons. The SMILES string of the molecule is C=C.C=C/C(=C\C)c1cc(C)ccc1OC.CO. The number of aryl methyl sites for hydroxylation is 1. The van der Waals surface area contributed by atoms with Crippen LogP contribution in [0.3, 0.4) is 0 Å². The molecule has 100 valence electrons. The molecule has 0 bridgehead atoms. The largest absolute Gasteiger partial charge is 0.496 e. The predicted octanol–water partition coefficient (Wildman–Crippen LogP) is 4.00. The van der Waals surface area contributed by atoms with E-state index in [1.807, 2.05) is 31.2 Å². The van der Waals surface area contributed by atoms with E-state index < -0.39 is 0 Å². The van der Waals surface area contributed by atoms with Crippen molar-refractivity contribution in [2.45, 2.75) is 13.8 Å². The molecule has 0 spiro atoms. The third kappa shape index (κ3) is 5.51. The van der Waals surface area contributed by atoms with Gasteiger partial charge in [-0.25, -0.2) is 0 Å². The van der Waals surface area contributed by atoms with Crippen molar-refractivity contribution < 1.29 is 9.84 Å². The predicted molar refractivity (Wildman–Crippen MR) is 81.0 cm³/mol. The number of hydrogen-bond donors (Lipinski definition) is 1. The quantitative estimate of drug-likeness (QED) is 0.647. The van der Waals surface area contributed by atoms with E-state index in [0.717, 1.165) is 24.0 Å². The van der Waals surface area contributed by atoms with Crippen LogP contribution in [0, 0.1) is 6.92 Å². The summed E-state index contributed by atoms with van der Waals surface area (Å²) in [5.41, 5.74) is 3.43. The number of allylic oxidation sites excluding steroid dienone is 3. The van der Waals surface area contributed by atoms with Crippen LogP contribution in [0.5, 0.6) is 5.75 Å². The average molecular weight is 248 g/mol. The second-order valence-corrected chi connectivity index (χ2v) is 3.15. The van der Waals surface area contributed by atoms with Crippen LogP contribution in [0.15, 0.2) is 50.1 Å². The molecule has 0 unspecified atom stereocenters. The Hall–Kier alpha value is -1.80. The summed E-state index contributed by atoms with van der Waals surface area (Å²) in [4.78, 5) is 0. The van der Waals surface area contributed by atoms with Gasteiger partial charge in [-0.2, -0.15) is 0 Å². The summed E-state index contributed by atoms with van der Waals surface area (Å²) in [7, 11) is 2.69. The third-order valence-corrected chi connectivity index (χ3v) is 2.20. The Morgan fingerprint density at radius 2 is 1.83 bits per heavy atom. The molecule has 0 aromatic heterocycles. The Bertz CT molecular complexity index is 379. The molecule has 0 saturated heterocycles. The molecule has 0 aliphatic heterocycles. The number of aliphatic hydroxyl groups is 1. The topological polar surface area (TPSA) is 29.5 Å². The minimum absolute atomic E-state index is 0.892. The number of ether oxygens (including phenoxy) is 1. The first kappa shape index (κ1) is 18.6. The van der Waals surface area contributed by atoms with Crippen LogP contribution in [0.25, 0.3) is 5.57 Å². The highest BCUT2D eigenvalue weighted by Crippen LogP contribution is 2.27. The lowest BCUT2D eigenvalue weighted by atomic mass is 10.0. The van der Waals surface area contributed by atoms with Crippen molar-refractivity contribution in [3.8, 4) is 5.75 Å². The van der Waals surface area contributed by atoms with Crippen LogP contribution in [-0.2, 0) is 0 Å². The maximum Gasteiger partial charge on any atom is 0.126 e. The number of aliphatic hydroxyl groups excluding tert-OH is 1. The molecule has 2 nitrogen and oxygen atoms in total. The van der Waals surface area contributed by atoms with Gasteiger partial charge in [0.1, 0.15) is 5.75 Å². The van der Waals surface area contributed by atoms with Crippen molar-refractivity contribution in [1.82, 2.24) is 0 Å². The molecule has 0 amide bonds. The monoisotopic (exact) mass is 248 g/mol. The first-order chi connectivity index (χ1) is 8.72. The lowest BCUT2D eigenvalue weighted by molar-refractivity contribution is 0.399. The van der Waals surface area contributed by atoms with E-state index in [-0.39, 0.29) is 0 Å². The maximum absolute atomic E-state index is 7.00. The number of benzene rings is 1. The summed E-state index contributed by atoms with van der Waals surface area (Å²) in [5, 5.41) is 7.00. The molecular formula is C16H24O2. The van der Waals surface area contributed by atoms with E-state index in [1.54, 1.807) is 7.11 Å². The van der Waals surface area contributed by atoms with Gasteiger partial charge in [0, 0.05) is 12.7 Å². The fourth-order valence-corrected chi connectivity index (χ4v) is 1.43. The van der Waals surface area contributed by atoms with E-state index >= 15 is 0 Å². The van der Waals surface area contributed by atoms with Gasteiger partial charge < -0.3 is 9.84 Å². The standard InChI is InChI=1S/C13H16O.C2H4.CH4O/c1-5-11(6-2)12-9-10(3)7-8-13(12)14-4;2*1-2/h5-9H,1H2,2-4H3;1-2H2;2H,1H3/b11-6+;;. The lowest BCUT2D eigenvalue weighted by Crippen LogP contribution is -1.90. The van der Waals surface area contributed by atoms with Crippen molar-refractivity contribution in [3.63, 3.8) is 0 Å². The zero-order valence-electron chi connectivity index (χ0n) is 11.9. The molecule has 2 heteroatoms. The Balaban J connectivity index is 0. The molecular weight excluding hydrogens is 224 g/mol. The van der Waals surface area contributed by atoms with E-state index in [0.29, 0.717) is 0 Å². The van der Waals surface area contributed by atoms with Gasteiger partial charge in [-0.05, 0) is 31.6 Å². The second-order valence-electron chi connectivity index (χ2n) is 3.15. The molecule has 0 aliphatic carbocycles. The van der Waals surface area contributed by atoms with Crippen LogP contribution >= 0.6 is 0 Å². The minimum Gasteiger partial charge on any atom is -0.496 e. The van der Waals surface area contributed by atoms with E-state index in [9.17, 15) is 0 Å². The molecule has 0 aliphatic rings. The van der Waals surface area contributed by atoms with Gasteiger partial charge in [-0.1, -0.05) is 30.4 Å². The van der Waals surface area contributed by atoms with Crippen molar-refractivity contribution in [2.75, 3.05) is 14.2 Å². The smallest absolute Gasteiger partial charge is 0.126 e. The average Bonchev–Trinajstić information content (AvgIpc) is 2.45. The van der Waals surface area contributed by atoms with Gasteiger partial charge in [0.25, 0.3) is 0 Å². The van der Waals surface area contributed by atoms with Gasteiger partial charge in [-0.3, -0.25) is 0 Å². The molecule has 0 fully saturated rings. The first-order valence-electron chi connectivity index (χ1n) is 5.61. The van der Waals surface area contributed by atoms with E-state index in [4.69, 9.17) is 9.84 Å². The molecule has 1 aromatic carbocycles. The van der Waals surface area contributed by atoms with Gasteiger partial charge in [0.15, 0.2) is 0 Å². The number of methoxy groups -OCH3 is 1. The summed E-state index contributed by atoms with van der Waals surface area (Å²) in [5.74, 6) is 0.892. The van der Waals surface area contributed by atoms with Gasteiger partial charge >= 0.3 is 0 Å². The summed E-state index contributed by atoms with van der Waals surface area (Å²) in [6.07, 6.45) is 3.88. The number of rotatable bonds is 3. The Labute approximate surface area is 111 Å². The summed E-state index contributed by atoms with van der Waals surface area (Å²) in [6.45, 7) is 13.9. The molecule has 1 rings (SSSR count). The van der Waals surface area contributed by atoms with Gasteiger partial charge in [0.05, 0.1) is 7.11 Å². The van der Waals surface area contributed by atoms with Crippen LogP contribution in [0.4, 0.5) is 0 Å². The van der Waals surface area contributed by atoms with Gasteiger partial charge in [-0.15, -0.1) is 13.2 Å².